The molecule has 0 saturated heterocycles. The van der Waals surface area contributed by atoms with Gasteiger partial charge in [0, 0.05) is 38.4 Å². The van der Waals surface area contributed by atoms with Crippen LogP contribution in [0.1, 0.15) is 0 Å². The van der Waals surface area contributed by atoms with Gasteiger partial charge in [-0.05, 0) is 0 Å². The second-order valence-electron chi connectivity index (χ2n) is 1.53. The Morgan fingerprint density at radius 2 is 0.833 bits per heavy atom. The van der Waals surface area contributed by atoms with Gasteiger partial charge in [-0.1, -0.05) is 36.4 Å². The molecule has 0 aliphatic carbocycles. The molecule has 0 N–H and O–H groups in total. The maximum Gasteiger partial charge on any atom is 0.317 e. The van der Waals surface area contributed by atoms with E-state index in [9.17, 15) is 0 Å². The molecule has 0 atom stereocenters. The summed E-state index contributed by atoms with van der Waals surface area (Å²) in [6.45, 7) is 0. The van der Waals surface area contributed by atoms with Gasteiger partial charge in [-0.15, -0.1) is 0 Å². The van der Waals surface area contributed by atoms with E-state index in [4.69, 9.17) is 8.42 Å². The van der Waals surface area contributed by atoms with Gasteiger partial charge >= 0.3 is 8.26 Å². The summed E-state index contributed by atoms with van der Waals surface area (Å²) >= 11 is 0. The number of hydrogen-bond acceptors (Lipinski definition) is 2. The molecule has 0 aliphatic heterocycles. The van der Waals surface area contributed by atoms with Crippen molar-refractivity contribution in [1.29, 1.82) is 0 Å². The monoisotopic (exact) mass is 268 g/mol. The molecule has 0 fully saturated rings. The van der Waals surface area contributed by atoms with Crippen LogP contribution < -0.4 is 0 Å². The fourth-order valence-electron chi connectivity index (χ4n) is 0.385. The Kier molecular flexibility index (Phi) is 9.72. The van der Waals surface area contributed by atoms with Gasteiger partial charge in [0.05, 0.1) is 0 Å². The maximum absolute atomic E-state index is 9.16. The molecular formula is C6H6Cl2FeO2S. The Balaban J connectivity index is 0. The van der Waals surface area contributed by atoms with Gasteiger partial charge in [0.25, 0.3) is 0 Å². The van der Waals surface area contributed by atoms with Gasteiger partial charge < -0.3 is 0 Å². The van der Waals surface area contributed by atoms with Gasteiger partial charge in [-0.25, -0.2) is 0 Å². The zero-order chi connectivity index (χ0) is 8.74. The van der Waals surface area contributed by atoms with Crippen molar-refractivity contribution in [2.24, 2.45) is 0 Å². The molecule has 70 valence electrons. The van der Waals surface area contributed by atoms with Crippen molar-refractivity contribution in [3.8, 4) is 0 Å². The summed E-state index contributed by atoms with van der Waals surface area (Å²) in [6, 6.07) is 12.0. The van der Waals surface area contributed by atoms with Gasteiger partial charge in [0.1, 0.15) is 0 Å². The third-order valence-electron chi connectivity index (χ3n) is 0.667. The summed E-state index contributed by atoms with van der Waals surface area (Å²) in [6.07, 6.45) is 0. The van der Waals surface area contributed by atoms with Crippen LogP contribution in [0, 0.1) is 0 Å². The molecular weight excluding hydrogens is 263 g/mol. The summed E-state index contributed by atoms with van der Waals surface area (Å²) in [5.74, 6) is 0. The molecule has 0 heterocycles. The van der Waals surface area contributed by atoms with Gasteiger partial charge in [-0.3, -0.25) is 0 Å². The average Bonchev–Trinajstić information content (AvgIpc) is 1.88. The molecule has 0 aliphatic rings. The molecule has 0 saturated carbocycles. The first-order valence-corrected chi connectivity index (χ1v) is 5.78. The Morgan fingerprint density at radius 1 is 0.750 bits per heavy atom. The fraction of sp³-hybridized carbons (Fsp3) is 0. The standard InChI is InChI=1S/C6H6.Cl2O2S.Fe/c1-2-4-6-5-3-1;1-5(2,3)4;/h1-6H;;. The molecule has 0 bridgehead atoms. The van der Waals surface area contributed by atoms with E-state index in [-0.39, 0.29) is 17.1 Å². The van der Waals surface area contributed by atoms with Crippen LogP contribution in [-0.4, -0.2) is 8.42 Å². The van der Waals surface area contributed by atoms with Crippen LogP contribution in [0.25, 0.3) is 0 Å². The minimum absolute atomic E-state index is 0. The molecule has 2 nitrogen and oxygen atoms in total. The van der Waals surface area contributed by atoms with Crippen molar-refractivity contribution in [3.63, 3.8) is 0 Å². The van der Waals surface area contributed by atoms with Crippen LogP contribution in [-0.2, 0) is 25.3 Å². The number of hydrogen-bond donors (Lipinski definition) is 0. The minimum atomic E-state index is -3.72. The van der Waals surface area contributed by atoms with E-state index in [0.29, 0.717) is 0 Å². The second-order valence-corrected chi connectivity index (χ2v) is 5.20. The first kappa shape index (κ1) is 14.8. The summed E-state index contributed by atoms with van der Waals surface area (Å²) in [5.41, 5.74) is 0. The Morgan fingerprint density at radius 3 is 0.917 bits per heavy atom. The summed E-state index contributed by atoms with van der Waals surface area (Å²) < 4.78 is 18.3. The van der Waals surface area contributed by atoms with E-state index in [1.54, 1.807) is 0 Å². The number of halogens is 2. The first-order chi connectivity index (χ1) is 5.00. The number of rotatable bonds is 0. The fourth-order valence-corrected chi connectivity index (χ4v) is 0.385. The SMILES string of the molecule is O=S(=O)(Cl)Cl.[Fe].c1ccccc1. The third kappa shape index (κ3) is 22.4. The molecule has 0 spiro atoms. The summed E-state index contributed by atoms with van der Waals surface area (Å²) in [4.78, 5) is 0. The smallest absolute Gasteiger partial charge is 0.195 e. The quantitative estimate of drug-likeness (QED) is 0.535. The van der Waals surface area contributed by atoms with Crippen molar-refractivity contribution in [2.45, 2.75) is 0 Å². The topological polar surface area (TPSA) is 34.1 Å². The zero-order valence-electron chi connectivity index (χ0n) is 5.80. The molecule has 1 rings (SSSR count). The van der Waals surface area contributed by atoms with Crippen molar-refractivity contribution in [1.82, 2.24) is 0 Å². The third-order valence-corrected chi connectivity index (χ3v) is 0.667. The van der Waals surface area contributed by atoms with E-state index in [2.05, 4.69) is 21.4 Å². The van der Waals surface area contributed by atoms with Crippen LogP contribution in [0.3, 0.4) is 0 Å². The van der Waals surface area contributed by atoms with E-state index < -0.39 is 8.26 Å². The van der Waals surface area contributed by atoms with Crippen molar-refractivity contribution < 1.29 is 25.5 Å². The maximum atomic E-state index is 9.16. The molecule has 0 radical (unpaired) electrons. The molecule has 0 amide bonds. The number of benzene rings is 1. The predicted molar refractivity (Wildman–Crippen MR) is 47.1 cm³/mol. The van der Waals surface area contributed by atoms with Crippen LogP contribution in [0.5, 0.6) is 0 Å². The van der Waals surface area contributed by atoms with Crippen LogP contribution in [0.4, 0.5) is 0 Å². The van der Waals surface area contributed by atoms with Gasteiger partial charge in [0.15, 0.2) is 0 Å². The average molecular weight is 269 g/mol. The molecule has 1 aromatic rings. The zero-order valence-corrected chi connectivity index (χ0v) is 9.23. The molecule has 12 heavy (non-hydrogen) atoms. The van der Waals surface area contributed by atoms with Crippen molar-refractivity contribution in [2.75, 3.05) is 0 Å². The summed E-state index contributed by atoms with van der Waals surface area (Å²) in [7, 11) is 4.81. The minimum Gasteiger partial charge on any atom is -0.195 e. The Hall–Kier alpha value is 0.269. The van der Waals surface area contributed by atoms with Crippen LogP contribution in [0.2, 0.25) is 0 Å². The van der Waals surface area contributed by atoms with E-state index in [0.717, 1.165) is 0 Å². The summed E-state index contributed by atoms with van der Waals surface area (Å²) in [5, 5.41) is 0. The molecule has 0 aromatic heterocycles. The van der Waals surface area contributed by atoms with Crippen LogP contribution >= 0.6 is 21.4 Å². The Labute approximate surface area is 91.3 Å². The molecule has 6 heteroatoms. The van der Waals surface area contributed by atoms with Crippen molar-refractivity contribution in [3.05, 3.63) is 36.4 Å². The van der Waals surface area contributed by atoms with E-state index in [1.807, 2.05) is 36.4 Å². The molecule has 1 aromatic carbocycles. The van der Waals surface area contributed by atoms with Crippen molar-refractivity contribution >= 4 is 29.6 Å². The van der Waals surface area contributed by atoms with Gasteiger partial charge in [0.2, 0.25) is 0 Å². The normalized spacial score (nSPS) is 8.83. The van der Waals surface area contributed by atoms with E-state index >= 15 is 0 Å². The second kappa shape index (κ2) is 7.89. The van der Waals surface area contributed by atoms with E-state index in [1.165, 1.54) is 0 Å². The predicted octanol–water partition coefficient (Wildman–Crippen LogP) is 2.39. The Bertz CT molecular complexity index is 240. The largest absolute Gasteiger partial charge is 0.317 e. The molecule has 0 unspecified atom stereocenters. The van der Waals surface area contributed by atoms with Crippen LogP contribution in [0.15, 0.2) is 36.4 Å². The first-order valence-electron chi connectivity index (χ1n) is 2.64. The van der Waals surface area contributed by atoms with Gasteiger partial charge in [-0.2, -0.15) is 8.42 Å².